The zero-order valence-corrected chi connectivity index (χ0v) is 12.8. The summed E-state index contributed by atoms with van der Waals surface area (Å²) in [5, 5.41) is 8.73. The number of rotatable bonds is 6. The van der Waals surface area contributed by atoms with Crippen molar-refractivity contribution in [2.24, 2.45) is 5.73 Å². The fourth-order valence-electron chi connectivity index (χ4n) is 2.44. The molecule has 7 heteroatoms. The van der Waals surface area contributed by atoms with E-state index in [4.69, 9.17) is 15.6 Å². The Labute approximate surface area is 125 Å². The fraction of sp³-hybridized carbons (Fsp3) is 0.571. The Kier molecular flexibility index (Phi) is 5.72. The number of aliphatic hydroxyl groups excluding tert-OH is 1. The third kappa shape index (κ3) is 4.02. The third-order valence-electron chi connectivity index (χ3n) is 3.62. The summed E-state index contributed by atoms with van der Waals surface area (Å²) in [5.74, 6) is 0. The maximum atomic E-state index is 12.6. The zero-order chi connectivity index (χ0) is 15.3. The number of hydrogen-bond acceptors (Lipinski definition) is 5. The molecule has 0 amide bonds. The number of ether oxygens (including phenoxy) is 1. The number of nitrogens with two attached hydrogens (primary N) is 1. The largest absolute Gasteiger partial charge is 0.394 e. The molecular weight excluding hydrogens is 292 g/mol. The second-order valence-corrected chi connectivity index (χ2v) is 6.99. The summed E-state index contributed by atoms with van der Waals surface area (Å²) in [4.78, 5) is 0.292. The van der Waals surface area contributed by atoms with Crippen LogP contribution < -0.4 is 5.73 Å². The molecule has 6 nitrogen and oxygen atoms in total. The highest BCUT2D eigenvalue weighted by Crippen LogP contribution is 2.22. The molecule has 1 saturated heterocycles. The summed E-state index contributed by atoms with van der Waals surface area (Å²) in [6, 6.07) is 6.76. The third-order valence-corrected chi connectivity index (χ3v) is 5.51. The Balaban J connectivity index is 2.04. The van der Waals surface area contributed by atoms with Crippen LogP contribution in [0.4, 0.5) is 0 Å². The molecule has 1 aromatic carbocycles. The number of hydrogen-bond donors (Lipinski definition) is 2. The minimum Gasteiger partial charge on any atom is -0.394 e. The van der Waals surface area contributed by atoms with Gasteiger partial charge in [0.05, 0.1) is 24.2 Å². The lowest BCUT2D eigenvalue weighted by molar-refractivity contribution is 0.00318. The second-order valence-electron chi connectivity index (χ2n) is 5.05. The summed E-state index contributed by atoms with van der Waals surface area (Å²) in [6.45, 7) is 1.48. The summed E-state index contributed by atoms with van der Waals surface area (Å²) in [7, 11) is -3.47. The van der Waals surface area contributed by atoms with Gasteiger partial charge in [0, 0.05) is 19.6 Å². The average molecular weight is 314 g/mol. The lowest BCUT2D eigenvalue weighted by Crippen LogP contribution is -2.41. The highest BCUT2D eigenvalue weighted by Gasteiger charge is 2.29. The average Bonchev–Trinajstić information content (AvgIpc) is 2.53. The standard InChI is InChI=1S/C14H22N2O4S/c15-11-12-2-1-3-14(10-12)21(18,19)16-6-4-13(5-7-16)20-9-8-17/h1-3,10,13,17H,4-9,11,15H2. The Bertz CT molecular complexity index is 554. The molecule has 21 heavy (non-hydrogen) atoms. The fourth-order valence-corrected chi connectivity index (χ4v) is 3.98. The van der Waals surface area contributed by atoms with Crippen LogP contribution in [-0.4, -0.2) is 50.2 Å². The van der Waals surface area contributed by atoms with Crippen LogP contribution in [0.3, 0.4) is 0 Å². The molecule has 0 atom stereocenters. The van der Waals surface area contributed by atoms with Crippen molar-refractivity contribution in [2.75, 3.05) is 26.3 Å². The highest BCUT2D eigenvalue weighted by molar-refractivity contribution is 7.89. The number of piperidine rings is 1. The van der Waals surface area contributed by atoms with Crippen LogP contribution in [0.2, 0.25) is 0 Å². The van der Waals surface area contributed by atoms with E-state index in [1.165, 1.54) is 4.31 Å². The molecule has 2 rings (SSSR count). The first-order valence-electron chi connectivity index (χ1n) is 7.09. The van der Waals surface area contributed by atoms with Gasteiger partial charge in [-0.05, 0) is 30.5 Å². The number of sulfonamides is 1. The number of benzene rings is 1. The van der Waals surface area contributed by atoms with E-state index in [1.54, 1.807) is 18.2 Å². The van der Waals surface area contributed by atoms with E-state index in [1.807, 2.05) is 6.07 Å². The Hall–Kier alpha value is -0.990. The molecular formula is C14H22N2O4S. The molecule has 0 spiro atoms. The first-order chi connectivity index (χ1) is 10.1. The van der Waals surface area contributed by atoms with E-state index in [0.29, 0.717) is 44.0 Å². The van der Waals surface area contributed by atoms with Gasteiger partial charge in [-0.1, -0.05) is 12.1 Å². The van der Waals surface area contributed by atoms with Crippen molar-refractivity contribution >= 4 is 10.0 Å². The van der Waals surface area contributed by atoms with Gasteiger partial charge in [-0.2, -0.15) is 4.31 Å². The SMILES string of the molecule is NCc1cccc(S(=O)(=O)N2CCC(OCCO)CC2)c1. The predicted octanol–water partition coefficient (Wildman–Crippen LogP) is 0.307. The van der Waals surface area contributed by atoms with Crippen LogP contribution >= 0.6 is 0 Å². The van der Waals surface area contributed by atoms with Crippen LogP contribution in [0.5, 0.6) is 0 Å². The first kappa shape index (κ1) is 16.4. The molecule has 0 bridgehead atoms. The first-order valence-corrected chi connectivity index (χ1v) is 8.53. The maximum absolute atomic E-state index is 12.6. The summed E-state index contributed by atoms with van der Waals surface area (Å²) >= 11 is 0. The van der Waals surface area contributed by atoms with Crippen LogP contribution in [-0.2, 0) is 21.3 Å². The van der Waals surface area contributed by atoms with Gasteiger partial charge in [-0.3, -0.25) is 0 Å². The van der Waals surface area contributed by atoms with Crippen LogP contribution in [0.15, 0.2) is 29.2 Å². The van der Waals surface area contributed by atoms with Gasteiger partial charge in [0.25, 0.3) is 0 Å². The predicted molar refractivity (Wildman–Crippen MR) is 79.2 cm³/mol. The molecule has 1 fully saturated rings. The van der Waals surface area contributed by atoms with Crippen molar-refractivity contribution in [3.05, 3.63) is 29.8 Å². The van der Waals surface area contributed by atoms with E-state index in [-0.39, 0.29) is 12.7 Å². The minimum atomic E-state index is -3.47. The topological polar surface area (TPSA) is 92.9 Å². The normalized spacial score (nSPS) is 18.0. The molecule has 0 unspecified atom stereocenters. The zero-order valence-electron chi connectivity index (χ0n) is 11.9. The van der Waals surface area contributed by atoms with Gasteiger partial charge < -0.3 is 15.6 Å². The van der Waals surface area contributed by atoms with Crippen molar-refractivity contribution in [2.45, 2.75) is 30.4 Å². The van der Waals surface area contributed by atoms with Crippen LogP contribution in [0, 0.1) is 0 Å². The summed E-state index contributed by atoms with van der Waals surface area (Å²) < 4.78 is 32.1. The van der Waals surface area contributed by atoms with Gasteiger partial charge in [0.15, 0.2) is 0 Å². The maximum Gasteiger partial charge on any atom is 0.243 e. The molecule has 3 N–H and O–H groups in total. The molecule has 0 radical (unpaired) electrons. The number of aliphatic hydroxyl groups is 1. The number of nitrogens with zero attached hydrogens (tertiary/aromatic N) is 1. The molecule has 0 aromatic heterocycles. The van der Waals surface area contributed by atoms with Gasteiger partial charge in [0.2, 0.25) is 10.0 Å². The van der Waals surface area contributed by atoms with Crippen LogP contribution in [0.25, 0.3) is 0 Å². The monoisotopic (exact) mass is 314 g/mol. The second kappa shape index (κ2) is 7.33. The Morgan fingerprint density at radius 2 is 2.05 bits per heavy atom. The van der Waals surface area contributed by atoms with Gasteiger partial charge in [-0.25, -0.2) is 8.42 Å². The van der Waals surface area contributed by atoms with E-state index >= 15 is 0 Å². The molecule has 1 aliphatic heterocycles. The summed E-state index contributed by atoms with van der Waals surface area (Å²) in [6.07, 6.45) is 1.32. The molecule has 118 valence electrons. The van der Waals surface area contributed by atoms with Gasteiger partial charge in [-0.15, -0.1) is 0 Å². The van der Waals surface area contributed by atoms with Gasteiger partial charge >= 0.3 is 0 Å². The molecule has 1 aliphatic rings. The van der Waals surface area contributed by atoms with Crippen molar-refractivity contribution in [3.8, 4) is 0 Å². The van der Waals surface area contributed by atoms with Gasteiger partial charge in [0.1, 0.15) is 0 Å². The Morgan fingerprint density at radius 3 is 2.67 bits per heavy atom. The van der Waals surface area contributed by atoms with Crippen molar-refractivity contribution in [1.82, 2.24) is 4.31 Å². The van der Waals surface area contributed by atoms with Crippen molar-refractivity contribution < 1.29 is 18.3 Å². The Morgan fingerprint density at radius 1 is 1.33 bits per heavy atom. The van der Waals surface area contributed by atoms with E-state index in [2.05, 4.69) is 0 Å². The van der Waals surface area contributed by atoms with Crippen LogP contribution in [0.1, 0.15) is 18.4 Å². The van der Waals surface area contributed by atoms with Crippen molar-refractivity contribution in [3.63, 3.8) is 0 Å². The van der Waals surface area contributed by atoms with E-state index < -0.39 is 10.0 Å². The lowest BCUT2D eigenvalue weighted by atomic mass is 10.1. The van der Waals surface area contributed by atoms with E-state index in [9.17, 15) is 8.42 Å². The molecule has 0 saturated carbocycles. The molecule has 1 heterocycles. The molecule has 0 aliphatic carbocycles. The molecule has 1 aromatic rings. The highest BCUT2D eigenvalue weighted by atomic mass is 32.2. The summed E-state index contributed by atoms with van der Waals surface area (Å²) in [5.41, 5.74) is 6.36. The van der Waals surface area contributed by atoms with Crippen molar-refractivity contribution in [1.29, 1.82) is 0 Å². The van der Waals surface area contributed by atoms with E-state index in [0.717, 1.165) is 5.56 Å². The smallest absolute Gasteiger partial charge is 0.243 e. The quantitative estimate of drug-likeness (QED) is 0.788. The lowest BCUT2D eigenvalue weighted by Gasteiger charge is -2.31. The minimum absolute atomic E-state index is 0.00953.